The molecule has 6 heteroatoms. The lowest BCUT2D eigenvalue weighted by atomic mass is 9.86. The zero-order chi connectivity index (χ0) is 19.6. The van der Waals surface area contributed by atoms with Crippen molar-refractivity contribution in [3.05, 3.63) is 29.8 Å². The summed E-state index contributed by atoms with van der Waals surface area (Å²) in [4.78, 5) is 0. The number of rotatable bonds is 6. The fourth-order valence-electron chi connectivity index (χ4n) is 3.14. The lowest BCUT2D eigenvalue weighted by molar-refractivity contribution is 0.0786. The van der Waals surface area contributed by atoms with Crippen LogP contribution >= 0.6 is 0 Å². The molecule has 0 heterocycles. The second-order valence-electron chi connectivity index (χ2n) is 8.97. The molecule has 1 aliphatic carbocycles. The van der Waals surface area contributed by atoms with Gasteiger partial charge in [0.2, 0.25) is 10.0 Å². The van der Waals surface area contributed by atoms with Gasteiger partial charge in [-0.3, -0.25) is 0 Å². The molecule has 2 rings (SSSR count). The highest BCUT2D eigenvalue weighted by molar-refractivity contribution is 7.90. The van der Waals surface area contributed by atoms with Gasteiger partial charge in [-0.2, -0.15) is 0 Å². The summed E-state index contributed by atoms with van der Waals surface area (Å²) in [5.74, 6) is 0.555. The summed E-state index contributed by atoms with van der Waals surface area (Å²) in [6.07, 6.45) is 3.82. The predicted molar refractivity (Wildman–Crippen MR) is 108 cm³/mol. The minimum Gasteiger partial charge on any atom is -0.386 e. The Labute approximate surface area is 158 Å². The van der Waals surface area contributed by atoms with Gasteiger partial charge in [-0.1, -0.05) is 12.1 Å². The molecule has 1 aliphatic rings. The average Bonchev–Trinajstić information content (AvgIpc) is 2.52. The lowest BCUT2D eigenvalue weighted by Gasteiger charge is -2.31. The van der Waals surface area contributed by atoms with Gasteiger partial charge in [0.15, 0.2) is 0 Å². The van der Waals surface area contributed by atoms with E-state index in [1.807, 2.05) is 24.3 Å². The van der Waals surface area contributed by atoms with Crippen molar-refractivity contribution in [3.8, 4) is 0 Å². The van der Waals surface area contributed by atoms with Crippen molar-refractivity contribution in [1.29, 1.82) is 0 Å². The largest absolute Gasteiger partial charge is 0.386 e. The third-order valence-electron chi connectivity index (χ3n) is 5.16. The zero-order valence-electron chi connectivity index (χ0n) is 16.7. The molecule has 5 nitrogen and oxygen atoms in total. The molecule has 26 heavy (non-hydrogen) atoms. The first-order valence-electron chi connectivity index (χ1n) is 9.47. The SMILES string of the molecule is CC(C)(O)c1ccc(NCC2CCC(NS(=O)(=O)C(C)(C)C)CC2)cc1. The molecule has 0 bridgehead atoms. The third kappa shape index (κ3) is 5.69. The Bertz CT molecular complexity index is 677. The van der Waals surface area contributed by atoms with E-state index in [0.717, 1.165) is 43.5 Å². The van der Waals surface area contributed by atoms with E-state index >= 15 is 0 Å². The first-order valence-corrected chi connectivity index (χ1v) is 11.0. The Kier molecular flexibility index (Phi) is 6.41. The minimum atomic E-state index is -3.27. The molecule has 0 aliphatic heterocycles. The van der Waals surface area contributed by atoms with Crippen LogP contribution in [0.1, 0.15) is 65.9 Å². The van der Waals surface area contributed by atoms with Crippen LogP contribution in [0, 0.1) is 5.92 Å². The number of nitrogens with one attached hydrogen (secondary N) is 2. The highest BCUT2D eigenvalue weighted by Gasteiger charge is 2.32. The molecular formula is C20H34N2O3S. The Morgan fingerprint density at radius 1 is 1.00 bits per heavy atom. The molecule has 0 aromatic heterocycles. The molecule has 148 valence electrons. The standard InChI is InChI=1S/C20H34N2O3S/c1-19(2,3)26(24,25)22-18-10-6-15(7-11-18)14-21-17-12-8-16(9-13-17)20(4,5)23/h8-9,12-13,15,18,21-23H,6-7,10-11,14H2,1-5H3. The van der Waals surface area contributed by atoms with Gasteiger partial charge in [-0.25, -0.2) is 13.1 Å². The maximum Gasteiger partial charge on any atom is 0.216 e. The fourth-order valence-corrected chi connectivity index (χ4v) is 4.17. The average molecular weight is 383 g/mol. The van der Waals surface area contributed by atoms with Gasteiger partial charge in [0.1, 0.15) is 0 Å². The second kappa shape index (κ2) is 7.87. The van der Waals surface area contributed by atoms with Gasteiger partial charge in [-0.05, 0) is 83.9 Å². The summed E-state index contributed by atoms with van der Waals surface area (Å²) in [5.41, 5.74) is 1.13. The van der Waals surface area contributed by atoms with Crippen molar-refractivity contribution in [2.75, 3.05) is 11.9 Å². The van der Waals surface area contributed by atoms with Crippen molar-refractivity contribution >= 4 is 15.7 Å². The smallest absolute Gasteiger partial charge is 0.216 e. The number of hydrogen-bond donors (Lipinski definition) is 3. The molecule has 0 atom stereocenters. The van der Waals surface area contributed by atoms with Crippen LogP contribution in [0.15, 0.2) is 24.3 Å². The number of benzene rings is 1. The van der Waals surface area contributed by atoms with Gasteiger partial charge >= 0.3 is 0 Å². The first-order chi connectivity index (χ1) is 11.9. The molecule has 0 spiro atoms. The molecule has 0 unspecified atom stereocenters. The van der Waals surface area contributed by atoms with Crippen LogP contribution in [0.3, 0.4) is 0 Å². The second-order valence-corrected chi connectivity index (χ2v) is 11.4. The normalized spacial score (nSPS) is 22.2. The number of aliphatic hydroxyl groups is 1. The van der Waals surface area contributed by atoms with E-state index in [1.54, 1.807) is 34.6 Å². The summed E-state index contributed by atoms with van der Waals surface area (Å²) >= 11 is 0. The van der Waals surface area contributed by atoms with E-state index in [9.17, 15) is 13.5 Å². The summed E-state index contributed by atoms with van der Waals surface area (Å²) in [6, 6.07) is 7.94. The van der Waals surface area contributed by atoms with Gasteiger partial charge in [0.25, 0.3) is 0 Å². The molecule has 0 amide bonds. The Hall–Kier alpha value is -1.11. The number of anilines is 1. The summed E-state index contributed by atoms with van der Waals surface area (Å²) < 4.78 is 26.7. The van der Waals surface area contributed by atoms with Gasteiger partial charge in [-0.15, -0.1) is 0 Å². The van der Waals surface area contributed by atoms with Crippen molar-refractivity contribution in [1.82, 2.24) is 4.72 Å². The molecule has 0 saturated heterocycles. The highest BCUT2D eigenvalue weighted by Crippen LogP contribution is 2.27. The van der Waals surface area contributed by atoms with Crippen LogP contribution in [-0.2, 0) is 15.6 Å². The van der Waals surface area contributed by atoms with Crippen molar-refractivity contribution in [2.45, 2.75) is 76.7 Å². The van der Waals surface area contributed by atoms with E-state index in [4.69, 9.17) is 0 Å². The van der Waals surface area contributed by atoms with Crippen LogP contribution in [0.4, 0.5) is 5.69 Å². The van der Waals surface area contributed by atoms with E-state index in [0.29, 0.717) is 5.92 Å². The predicted octanol–water partition coefficient (Wildman–Crippen LogP) is 3.60. The topological polar surface area (TPSA) is 78.4 Å². The van der Waals surface area contributed by atoms with Crippen molar-refractivity contribution in [3.63, 3.8) is 0 Å². The Balaban J connectivity index is 1.79. The van der Waals surface area contributed by atoms with Crippen LogP contribution in [0.25, 0.3) is 0 Å². The van der Waals surface area contributed by atoms with Crippen molar-refractivity contribution in [2.24, 2.45) is 5.92 Å². The van der Waals surface area contributed by atoms with E-state index in [-0.39, 0.29) is 6.04 Å². The van der Waals surface area contributed by atoms with Crippen LogP contribution in [0.5, 0.6) is 0 Å². The van der Waals surface area contributed by atoms with E-state index in [2.05, 4.69) is 10.0 Å². The first kappa shape index (κ1) is 21.2. The van der Waals surface area contributed by atoms with Crippen LogP contribution in [0.2, 0.25) is 0 Å². The van der Waals surface area contributed by atoms with E-state index in [1.165, 1.54) is 0 Å². The Morgan fingerprint density at radius 2 is 1.54 bits per heavy atom. The van der Waals surface area contributed by atoms with Crippen LogP contribution in [-0.4, -0.2) is 30.9 Å². The number of hydrogen-bond acceptors (Lipinski definition) is 4. The van der Waals surface area contributed by atoms with Crippen LogP contribution < -0.4 is 10.0 Å². The zero-order valence-corrected chi connectivity index (χ0v) is 17.5. The summed E-state index contributed by atoms with van der Waals surface area (Å²) in [7, 11) is -3.27. The molecule has 1 fully saturated rings. The maximum absolute atomic E-state index is 12.3. The molecule has 1 saturated carbocycles. The fraction of sp³-hybridized carbons (Fsp3) is 0.700. The summed E-state index contributed by atoms with van der Waals surface area (Å²) in [5, 5.41) is 13.5. The maximum atomic E-state index is 12.3. The lowest BCUT2D eigenvalue weighted by Crippen LogP contribution is -2.46. The number of sulfonamides is 1. The quantitative estimate of drug-likeness (QED) is 0.702. The Morgan fingerprint density at radius 3 is 2.00 bits per heavy atom. The van der Waals surface area contributed by atoms with Gasteiger partial charge in [0.05, 0.1) is 10.3 Å². The summed E-state index contributed by atoms with van der Waals surface area (Å²) in [6.45, 7) is 9.64. The van der Waals surface area contributed by atoms with Gasteiger partial charge < -0.3 is 10.4 Å². The molecule has 1 aromatic carbocycles. The molecule has 0 radical (unpaired) electrons. The van der Waals surface area contributed by atoms with E-state index < -0.39 is 20.4 Å². The molecule has 3 N–H and O–H groups in total. The molecular weight excluding hydrogens is 348 g/mol. The highest BCUT2D eigenvalue weighted by atomic mass is 32.2. The molecule has 1 aromatic rings. The monoisotopic (exact) mass is 382 g/mol. The van der Waals surface area contributed by atoms with Gasteiger partial charge in [0, 0.05) is 18.3 Å². The third-order valence-corrected chi connectivity index (χ3v) is 7.42. The minimum absolute atomic E-state index is 0.0570. The van der Waals surface area contributed by atoms with Crippen molar-refractivity contribution < 1.29 is 13.5 Å².